The van der Waals surface area contributed by atoms with Crippen molar-refractivity contribution in [1.29, 1.82) is 0 Å². The summed E-state index contributed by atoms with van der Waals surface area (Å²) < 4.78 is 42.2. The fourth-order valence-electron chi connectivity index (χ4n) is 5.47. The number of guanidine groups is 1. The van der Waals surface area contributed by atoms with E-state index in [9.17, 15) is 22.8 Å². The summed E-state index contributed by atoms with van der Waals surface area (Å²) in [6.45, 7) is 5.88. The summed E-state index contributed by atoms with van der Waals surface area (Å²) in [6, 6.07) is 11.7. The molecule has 0 bridgehead atoms. The van der Waals surface area contributed by atoms with Gasteiger partial charge in [0.25, 0.3) is 11.8 Å². The third-order valence-corrected chi connectivity index (χ3v) is 7.74. The predicted octanol–water partition coefficient (Wildman–Crippen LogP) is 5.20. The van der Waals surface area contributed by atoms with Gasteiger partial charge in [-0.15, -0.1) is 0 Å². The maximum Gasteiger partial charge on any atom is 0.417 e. The van der Waals surface area contributed by atoms with Crippen LogP contribution in [0.3, 0.4) is 0 Å². The second-order valence-corrected chi connectivity index (χ2v) is 10.9. The molecule has 5 rings (SSSR count). The van der Waals surface area contributed by atoms with Crippen molar-refractivity contribution in [2.24, 2.45) is 16.6 Å². The largest absolute Gasteiger partial charge is 0.417 e. The normalized spacial score (nSPS) is 19.5. The van der Waals surface area contributed by atoms with Crippen LogP contribution in [-0.4, -0.2) is 37.5 Å². The molecule has 3 heterocycles. The van der Waals surface area contributed by atoms with Crippen molar-refractivity contribution >= 4 is 17.8 Å². The molecule has 3 aromatic rings. The maximum atomic E-state index is 14.1. The van der Waals surface area contributed by atoms with Gasteiger partial charge in [0.15, 0.2) is 11.5 Å². The molecule has 0 saturated heterocycles. The van der Waals surface area contributed by atoms with Crippen LogP contribution in [-0.2, 0) is 29.6 Å². The number of carbonyl (C=O) groups excluding carboxylic acids is 2. The molecule has 2 aliphatic heterocycles. The van der Waals surface area contributed by atoms with E-state index in [-0.39, 0.29) is 25.0 Å². The molecular formula is C30H31F3N6O2. The van der Waals surface area contributed by atoms with Crippen LogP contribution in [0.1, 0.15) is 78.1 Å². The standard InChI is InChI=1S/C30H31F3N6O2/c1-18(2)11-12-29(21-7-5-4-6-8-21)27(41)39(28(34)37-29)19(3)20-9-10-23(30(31,32)33)22(15-20)26(40)38-16-24-25(17-38)36-14-13-35-24/h4-10,13-15,18-19H,11-12,16-17H2,1-3H3,(H2,34,37)/t19?,29-/m1/s1. The highest BCUT2D eigenvalue weighted by molar-refractivity contribution is 6.07. The summed E-state index contributed by atoms with van der Waals surface area (Å²) in [5.41, 5.74) is 5.67. The Bertz CT molecular complexity index is 1480. The Kier molecular flexibility index (Phi) is 7.31. The van der Waals surface area contributed by atoms with Crippen molar-refractivity contribution < 1.29 is 22.8 Å². The summed E-state index contributed by atoms with van der Waals surface area (Å²) >= 11 is 0. The highest BCUT2D eigenvalue weighted by atomic mass is 19.4. The van der Waals surface area contributed by atoms with Crippen molar-refractivity contribution in [1.82, 2.24) is 19.8 Å². The number of alkyl halides is 3. The number of nitrogens with zero attached hydrogens (tertiary/aromatic N) is 5. The number of halogens is 3. The number of hydrogen-bond donors (Lipinski definition) is 1. The lowest BCUT2D eigenvalue weighted by Gasteiger charge is -2.30. The first kappa shape index (κ1) is 28.3. The Morgan fingerprint density at radius 1 is 1.02 bits per heavy atom. The van der Waals surface area contributed by atoms with Gasteiger partial charge in [0, 0.05) is 12.4 Å². The van der Waals surface area contributed by atoms with E-state index in [0.717, 1.165) is 6.07 Å². The summed E-state index contributed by atoms with van der Waals surface area (Å²) in [5, 5.41) is 0. The van der Waals surface area contributed by atoms with Gasteiger partial charge in [0.05, 0.1) is 41.6 Å². The minimum Gasteiger partial charge on any atom is -0.369 e. The second-order valence-electron chi connectivity index (χ2n) is 10.9. The fourth-order valence-corrected chi connectivity index (χ4v) is 5.47. The minimum atomic E-state index is -4.76. The van der Waals surface area contributed by atoms with Crippen LogP contribution in [0.2, 0.25) is 0 Å². The smallest absolute Gasteiger partial charge is 0.369 e. The van der Waals surface area contributed by atoms with Crippen molar-refractivity contribution in [2.75, 3.05) is 0 Å². The van der Waals surface area contributed by atoms with E-state index in [1.54, 1.807) is 6.92 Å². The molecule has 0 spiro atoms. The number of aromatic nitrogens is 2. The van der Waals surface area contributed by atoms with Crippen molar-refractivity contribution in [2.45, 2.75) is 64.5 Å². The van der Waals surface area contributed by atoms with Crippen LogP contribution < -0.4 is 5.73 Å². The molecule has 2 aromatic carbocycles. The van der Waals surface area contributed by atoms with E-state index >= 15 is 0 Å². The SMILES string of the molecule is CC(C)CC[C@]1(c2ccccc2)N=C(N)N(C(C)c2ccc(C(F)(F)F)c(C(=O)N3Cc4nccnc4C3)c2)C1=O. The van der Waals surface area contributed by atoms with Gasteiger partial charge < -0.3 is 10.6 Å². The molecule has 1 unspecified atom stereocenters. The van der Waals surface area contributed by atoms with Crippen LogP contribution in [0.25, 0.3) is 0 Å². The monoisotopic (exact) mass is 564 g/mol. The number of amides is 2. The Hall–Kier alpha value is -4.28. The molecule has 11 heteroatoms. The first-order chi connectivity index (χ1) is 19.4. The van der Waals surface area contributed by atoms with E-state index in [1.165, 1.54) is 34.3 Å². The first-order valence-corrected chi connectivity index (χ1v) is 13.5. The Labute approximate surface area is 236 Å². The number of rotatable bonds is 7. The van der Waals surface area contributed by atoms with Crippen LogP contribution in [0.15, 0.2) is 65.9 Å². The van der Waals surface area contributed by atoms with Crippen LogP contribution in [0.5, 0.6) is 0 Å². The van der Waals surface area contributed by atoms with E-state index in [0.29, 0.717) is 41.3 Å². The number of aliphatic imine (C=N–C) groups is 1. The van der Waals surface area contributed by atoms with Crippen molar-refractivity contribution in [3.05, 3.63) is 94.6 Å². The zero-order valence-electron chi connectivity index (χ0n) is 23.0. The molecule has 214 valence electrons. The van der Waals surface area contributed by atoms with Gasteiger partial charge in [-0.1, -0.05) is 50.2 Å². The third-order valence-electron chi connectivity index (χ3n) is 7.74. The lowest BCUT2D eigenvalue weighted by molar-refractivity contribution is -0.138. The zero-order chi connectivity index (χ0) is 29.5. The number of fused-ring (bicyclic) bond motifs is 1. The van der Waals surface area contributed by atoms with Crippen LogP contribution in [0, 0.1) is 5.92 Å². The Morgan fingerprint density at radius 2 is 1.66 bits per heavy atom. The highest BCUT2D eigenvalue weighted by Gasteiger charge is 2.50. The van der Waals surface area contributed by atoms with E-state index in [1.807, 2.05) is 30.3 Å². The molecular weight excluding hydrogens is 533 g/mol. The summed E-state index contributed by atoms with van der Waals surface area (Å²) in [5.74, 6) is -0.864. The second kappa shape index (κ2) is 10.6. The van der Waals surface area contributed by atoms with Gasteiger partial charge >= 0.3 is 6.18 Å². The summed E-state index contributed by atoms with van der Waals surface area (Å²) in [4.78, 5) is 43.2. The molecule has 0 fully saturated rings. The van der Waals surface area contributed by atoms with E-state index in [4.69, 9.17) is 5.73 Å². The molecule has 2 N–H and O–H groups in total. The fraction of sp³-hybridized carbons (Fsp3) is 0.367. The number of benzene rings is 2. The van der Waals surface area contributed by atoms with Gasteiger partial charge in [-0.3, -0.25) is 24.5 Å². The average molecular weight is 565 g/mol. The van der Waals surface area contributed by atoms with E-state index < -0.39 is 34.8 Å². The lowest BCUT2D eigenvalue weighted by atomic mass is 9.83. The topological polar surface area (TPSA) is 105 Å². The molecule has 0 radical (unpaired) electrons. The van der Waals surface area contributed by atoms with Gasteiger partial charge in [-0.2, -0.15) is 13.2 Å². The molecule has 2 amide bonds. The quantitative estimate of drug-likeness (QED) is 0.425. The van der Waals surface area contributed by atoms with Gasteiger partial charge in [0.2, 0.25) is 0 Å². The number of carbonyl (C=O) groups is 2. The highest BCUT2D eigenvalue weighted by Crippen LogP contribution is 2.42. The van der Waals surface area contributed by atoms with Crippen LogP contribution in [0.4, 0.5) is 13.2 Å². The van der Waals surface area contributed by atoms with Gasteiger partial charge in [-0.05, 0) is 48.9 Å². The van der Waals surface area contributed by atoms with Crippen molar-refractivity contribution in [3.8, 4) is 0 Å². The molecule has 0 aliphatic carbocycles. The van der Waals surface area contributed by atoms with E-state index in [2.05, 4.69) is 28.8 Å². The maximum absolute atomic E-state index is 14.1. The lowest BCUT2D eigenvalue weighted by Crippen LogP contribution is -2.44. The molecule has 41 heavy (non-hydrogen) atoms. The first-order valence-electron chi connectivity index (χ1n) is 13.5. The molecule has 2 aliphatic rings. The molecule has 8 nitrogen and oxygen atoms in total. The van der Waals surface area contributed by atoms with Crippen LogP contribution >= 0.6 is 0 Å². The van der Waals surface area contributed by atoms with Crippen molar-refractivity contribution in [3.63, 3.8) is 0 Å². The minimum absolute atomic E-state index is 0.0185. The zero-order valence-corrected chi connectivity index (χ0v) is 23.0. The Morgan fingerprint density at radius 3 is 2.24 bits per heavy atom. The summed E-state index contributed by atoms with van der Waals surface area (Å²) in [7, 11) is 0. The average Bonchev–Trinajstić information content (AvgIpc) is 3.49. The molecule has 0 saturated carbocycles. The summed E-state index contributed by atoms with van der Waals surface area (Å²) in [6.07, 6.45) is -0.677. The van der Waals surface area contributed by atoms with Gasteiger partial charge in [0.1, 0.15) is 0 Å². The Balaban J connectivity index is 1.50. The predicted molar refractivity (Wildman–Crippen MR) is 146 cm³/mol. The number of hydrogen-bond acceptors (Lipinski definition) is 6. The van der Waals surface area contributed by atoms with Gasteiger partial charge in [-0.25, -0.2) is 4.99 Å². The number of nitrogens with two attached hydrogens (primary N) is 1. The molecule has 1 aromatic heterocycles. The molecule has 2 atom stereocenters. The third kappa shape index (κ3) is 5.16.